The Morgan fingerprint density at radius 3 is 2.75 bits per heavy atom. The lowest BCUT2D eigenvalue weighted by Gasteiger charge is -2.26. The summed E-state index contributed by atoms with van der Waals surface area (Å²) >= 11 is 0. The Balaban J connectivity index is 1.93. The summed E-state index contributed by atoms with van der Waals surface area (Å²) in [4.78, 5) is 0. The maximum absolute atomic E-state index is 5.62. The van der Waals surface area contributed by atoms with Crippen LogP contribution in [0.1, 0.15) is 6.42 Å². The van der Waals surface area contributed by atoms with Crippen molar-refractivity contribution in [3.63, 3.8) is 0 Å². The van der Waals surface area contributed by atoms with Crippen LogP contribution in [0.3, 0.4) is 0 Å². The fraction of sp³-hybridized carbons (Fsp3) is 0.500. The van der Waals surface area contributed by atoms with Gasteiger partial charge in [-0.2, -0.15) is 0 Å². The first kappa shape index (κ1) is 11.2. The van der Waals surface area contributed by atoms with Crippen LogP contribution in [0.25, 0.3) is 0 Å². The van der Waals surface area contributed by atoms with Crippen molar-refractivity contribution in [3.8, 4) is 0 Å². The molecule has 4 heteroatoms. The van der Waals surface area contributed by atoms with Crippen LogP contribution in [0.5, 0.6) is 0 Å². The normalized spacial score (nSPS) is 24.6. The third-order valence-corrected chi connectivity index (χ3v) is 3.03. The molecule has 0 saturated carbocycles. The number of hydrogen-bond donors (Lipinski definition) is 2. The standard InChI is InChI=1S/C12H18N2O2/c1-15-12(6-7-16-9-12)8-14-11-4-2-10(13)3-5-11/h2-5,14H,6-9,13H2,1H3. The Morgan fingerprint density at radius 2 is 2.19 bits per heavy atom. The van der Waals surface area contributed by atoms with Crippen molar-refractivity contribution in [2.24, 2.45) is 0 Å². The van der Waals surface area contributed by atoms with Crippen LogP contribution in [-0.2, 0) is 9.47 Å². The zero-order chi connectivity index (χ0) is 11.4. The lowest BCUT2D eigenvalue weighted by atomic mass is 10.0. The molecule has 1 aliphatic rings. The predicted molar refractivity (Wildman–Crippen MR) is 64.5 cm³/mol. The summed E-state index contributed by atoms with van der Waals surface area (Å²) in [5.41, 5.74) is 7.27. The molecule has 4 nitrogen and oxygen atoms in total. The van der Waals surface area contributed by atoms with E-state index in [-0.39, 0.29) is 5.60 Å². The Kier molecular flexibility index (Phi) is 3.31. The number of nitrogens with one attached hydrogen (secondary N) is 1. The summed E-state index contributed by atoms with van der Waals surface area (Å²) in [6.45, 7) is 2.19. The van der Waals surface area contributed by atoms with Crippen molar-refractivity contribution >= 4 is 11.4 Å². The Hall–Kier alpha value is -1.26. The van der Waals surface area contributed by atoms with Crippen LogP contribution in [0.15, 0.2) is 24.3 Å². The van der Waals surface area contributed by atoms with E-state index in [0.717, 1.165) is 30.9 Å². The van der Waals surface area contributed by atoms with Gasteiger partial charge < -0.3 is 20.5 Å². The third kappa shape index (κ3) is 2.46. The monoisotopic (exact) mass is 222 g/mol. The van der Waals surface area contributed by atoms with E-state index in [1.54, 1.807) is 7.11 Å². The van der Waals surface area contributed by atoms with E-state index in [1.165, 1.54) is 0 Å². The quantitative estimate of drug-likeness (QED) is 0.758. The van der Waals surface area contributed by atoms with Gasteiger partial charge in [-0.3, -0.25) is 0 Å². The van der Waals surface area contributed by atoms with Gasteiger partial charge in [-0.05, 0) is 24.3 Å². The van der Waals surface area contributed by atoms with Crippen molar-refractivity contribution in [2.45, 2.75) is 12.0 Å². The minimum Gasteiger partial charge on any atom is -0.399 e. The van der Waals surface area contributed by atoms with Crippen molar-refractivity contribution in [1.29, 1.82) is 0 Å². The SMILES string of the molecule is COC1(CNc2ccc(N)cc2)CCOC1. The van der Waals surface area contributed by atoms with Gasteiger partial charge in [0, 0.05) is 38.1 Å². The fourth-order valence-corrected chi connectivity index (χ4v) is 1.83. The number of anilines is 2. The Bertz CT molecular complexity index is 331. The largest absolute Gasteiger partial charge is 0.399 e. The first-order valence-corrected chi connectivity index (χ1v) is 5.46. The van der Waals surface area contributed by atoms with Crippen molar-refractivity contribution in [2.75, 3.05) is 37.9 Å². The minimum absolute atomic E-state index is 0.179. The highest BCUT2D eigenvalue weighted by Crippen LogP contribution is 2.23. The van der Waals surface area contributed by atoms with E-state index < -0.39 is 0 Å². The second-order valence-corrected chi connectivity index (χ2v) is 4.17. The summed E-state index contributed by atoms with van der Waals surface area (Å²) in [6.07, 6.45) is 0.936. The van der Waals surface area contributed by atoms with Gasteiger partial charge in [0.1, 0.15) is 5.60 Å². The number of nitrogens with two attached hydrogens (primary N) is 1. The van der Waals surface area contributed by atoms with Gasteiger partial charge in [0.15, 0.2) is 0 Å². The second kappa shape index (κ2) is 4.72. The Labute approximate surface area is 95.7 Å². The second-order valence-electron chi connectivity index (χ2n) is 4.17. The summed E-state index contributed by atoms with van der Waals surface area (Å²) < 4.78 is 10.9. The van der Waals surface area contributed by atoms with Crippen LogP contribution in [-0.4, -0.2) is 32.5 Å². The maximum atomic E-state index is 5.62. The molecule has 16 heavy (non-hydrogen) atoms. The number of hydrogen-bond acceptors (Lipinski definition) is 4. The molecule has 1 heterocycles. The number of methoxy groups -OCH3 is 1. The van der Waals surface area contributed by atoms with Crippen molar-refractivity contribution in [1.82, 2.24) is 0 Å². The number of ether oxygens (including phenoxy) is 2. The van der Waals surface area contributed by atoms with Gasteiger partial charge in [0.05, 0.1) is 6.61 Å². The zero-order valence-corrected chi connectivity index (χ0v) is 9.53. The zero-order valence-electron chi connectivity index (χ0n) is 9.53. The molecule has 0 bridgehead atoms. The number of nitrogen functional groups attached to an aromatic ring is 1. The molecule has 0 aromatic heterocycles. The lowest BCUT2D eigenvalue weighted by Crippen LogP contribution is -2.39. The van der Waals surface area contributed by atoms with Gasteiger partial charge in [-0.25, -0.2) is 0 Å². The average Bonchev–Trinajstić information content (AvgIpc) is 2.78. The molecule has 1 fully saturated rings. The number of rotatable bonds is 4. The van der Waals surface area contributed by atoms with Crippen LogP contribution in [0, 0.1) is 0 Å². The van der Waals surface area contributed by atoms with Crippen LogP contribution in [0.4, 0.5) is 11.4 Å². The molecule has 3 N–H and O–H groups in total. The van der Waals surface area contributed by atoms with E-state index in [4.69, 9.17) is 15.2 Å². The highest BCUT2D eigenvalue weighted by Gasteiger charge is 2.34. The maximum Gasteiger partial charge on any atom is 0.110 e. The first-order chi connectivity index (χ1) is 7.74. The summed E-state index contributed by atoms with van der Waals surface area (Å²) in [5.74, 6) is 0. The first-order valence-electron chi connectivity index (χ1n) is 5.46. The molecular weight excluding hydrogens is 204 g/mol. The van der Waals surface area contributed by atoms with E-state index in [9.17, 15) is 0 Å². The smallest absolute Gasteiger partial charge is 0.110 e. The molecule has 0 amide bonds. The highest BCUT2D eigenvalue weighted by molar-refractivity contribution is 5.51. The molecule has 1 aromatic rings. The van der Waals surface area contributed by atoms with Gasteiger partial charge in [0.25, 0.3) is 0 Å². The number of benzene rings is 1. The molecule has 1 unspecified atom stereocenters. The molecule has 1 saturated heterocycles. The summed E-state index contributed by atoms with van der Waals surface area (Å²) in [7, 11) is 1.74. The fourth-order valence-electron chi connectivity index (χ4n) is 1.83. The van der Waals surface area contributed by atoms with Crippen LogP contribution in [0.2, 0.25) is 0 Å². The summed E-state index contributed by atoms with van der Waals surface area (Å²) in [6, 6.07) is 7.70. The summed E-state index contributed by atoms with van der Waals surface area (Å²) in [5, 5.41) is 3.34. The van der Waals surface area contributed by atoms with Gasteiger partial charge in [-0.1, -0.05) is 0 Å². The Morgan fingerprint density at radius 1 is 1.44 bits per heavy atom. The van der Waals surface area contributed by atoms with Crippen molar-refractivity contribution < 1.29 is 9.47 Å². The van der Waals surface area contributed by atoms with Gasteiger partial charge >= 0.3 is 0 Å². The van der Waals surface area contributed by atoms with Crippen LogP contribution < -0.4 is 11.1 Å². The third-order valence-electron chi connectivity index (χ3n) is 3.03. The van der Waals surface area contributed by atoms with E-state index in [1.807, 2.05) is 24.3 Å². The molecule has 88 valence electrons. The van der Waals surface area contributed by atoms with Gasteiger partial charge in [0.2, 0.25) is 0 Å². The molecule has 0 spiro atoms. The molecule has 1 atom stereocenters. The van der Waals surface area contributed by atoms with E-state index in [2.05, 4.69) is 5.32 Å². The minimum atomic E-state index is -0.179. The highest BCUT2D eigenvalue weighted by atomic mass is 16.5. The molecule has 0 radical (unpaired) electrons. The molecule has 1 aromatic carbocycles. The molecule has 2 rings (SSSR count). The lowest BCUT2D eigenvalue weighted by molar-refractivity contribution is -0.00619. The molecule has 0 aliphatic carbocycles. The average molecular weight is 222 g/mol. The van der Waals surface area contributed by atoms with Gasteiger partial charge in [-0.15, -0.1) is 0 Å². The van der Waals surface area contributed by atoms with Crippen molar-refractivity contribution in [3.05, 3.63) is 24.3 Å². The van der Waals surface area contributed by atoms with E-state index in [0.29, 0.717) is 6.61 Å². The molecule has 1 aliphatic heterocycles. The molecular formula is C12H18N2O2. The topological polar surface area (TPSA) is 56.5 Å². The van der Waals surface area contributed by atoms with E-state index >= 15 is 0 Å². The van der Waals surface area contributed by atoms with Crippen LogP contribution >= 0.6 is 0 Å². The predicted octanol–water partition coefficient (Wildman–Crippen LogP) is 1.49.